The topological polar surface area (TPSA) is 186 Å². The van der Waals surface area contributed by atoms with Gasteiger partial charge in [0, 0.05) is 98.1 Å². The van der Waals surface area contributed by atoms with Gasteiger partial charge in [0.1, 0.15) is 18.2 Å². The van der Waals surface area contributed by atoms with Gasteiger partial charge in [0.25, 0.3) is 11.8 Å². The molecule has 1 unspecified atom stereocenters. The molecule has 8 heterocycles. The van der Waals surface area contributed by atoms with Gasteiger partial charge in [-0.05, 0) is 73.2 Å². The smallest absolute Gasteiger partial charge is 0.328 e. The van der Waals surface area contributed by atoms with Gasteiger partial charge in [-0.15, -0.1) is 11.3 Å². The van der Waals surface area contributed by atoms with E-state index < -0.39 is 35.3 Å². The number of carbonyl (C=O) groups is 5. The average Bonchev–Trinajstić information content (AvgIpc) is 4.14. The molecule has 2 aromatic heterocycles. The lowest BCUT2D eigenvalue weighted by molar-refractivity contribution is -0.138. The van der Waals surface area contributed by atoms with E-state index in [1.807, 2.05) is 51.9 Å². The molecule has 3 aromatic carbocycles. The van der Waals surface area contributed by atoms with Crippen LogP contribution in [0, 0.1) is 5.82 Å². The number of imide groups is 1. The normalized spacial score (nSPS) is 20.3. The monoisotopic (exact) mass is 914 g/mol. The number of imidazole rings is 1. The minimum absolute atomic E-state index is 0.0232. The summed E-state index contributed by atoms with van der Waals surface area (Å²) >= 11 is 1.27. The van der Waals surface area contributed by atoms with Gasteiger partial charge in [-0.3, -0.25) is 34.7 Å². The molecule has 19 heteroatoms. The predicted molar refractivity (Wildman–Crippen MR) is 242 cm³/mol. The van der Waals surface area contributed by atoms with Crippen LogP contribution >= 0.6 is 11.3 Å². The van der Waals surface area contributed by atoms with Crippen LogP contribution in [0.5, 0.6) is 5.75 Å². The first-order valence-electron chi connectivity index (χ1n) is 22.4. The summed E-state index contributed by atoms with van der Waals surface area (Å²) in [6, 6.07) is 14.8. The zero-order chi connectivity index (χ0) is 45.3. The fourth-order valence-electron chi connectivity index (χ4n) is 10.3. The van der Waals surface area contributed by atoms with Crippen LogP contribution in [0.2, 0.25) is 0 Å². The van der Waals surface area contributed by atoms with E-state index in [2.05, 4.69) is 30.4 Å². The predicted octanol–water partition coefficient (Wildman–Crippen LogP) is 4.71. The number of aromatic nitrogens is 3. The minimum Gasteiger partial charge on any atom is -0.489 e. The van der Waals surface area contributed by atoms with E-state index in [1.54, 1.807) is 24.0 Å². The van der Waals surface area contributed by atoms with E-state index in [-0.39, 0.29) is 48.4 Å². The number of hydrogen-bond acceptors (Lipinski definition) is 12. The van der Waals surface area contributed by atoms with Gasteiger partial charge >= 0.3 is 6.03 Å². The van der Waals surface area contributed by atoms with Crippen LogP contribution in [0.25, 0.3) is 11.1 Å². The number of rotatable bonds is 9. The lowest BCUT2D eigenvalue weighted by Gasteiger charge is -2.46. The lowest BCUT2D eigenvalue weighted by Crippen LogP contribution is -2.59. The largest absolute Gasteiger partial charge is 0.489 e. The standard InChI is InChI=1S/C47H47FN10O7S/c48-35-21-29(20-33-34(35)25-58(44(33)62)42(43(61)52-45-49-12-19-66-45)41-37-2-1-13-55(37)27-50-41)28-3-5-30(6-4-28)53-15-10-47(64,11-16-53)23-40(60)54-17-18-56-32(24-54)26-65-38-22-31(7-8-36(38)56)57-14-9-39(59)51-46(57)63/h3-8,12,19-22,27,32,42,64H,1-2,9-11,13-18,23-26H2,(H,49,52,61)(H,51,59,63)/t32-,42?/m1/s1. The number of halogens is 1. The highest BCUT2D eigenvalue weighted by Gasteiger charge is 2.43. The van der Waals surface area contributed by atoms with Crippen molar-refractivity contribution in [3.8, 4) is 16.9 Å². The molecule has 340 valence electrons. The molecule has 17 nitrogen and oxygen atoms in total. The Balaban J connectivity index is 0.711. The molecule has 6 aliphatic heterocycles. The molecule has 0 bridgehead atoms. The fraction of sp³-hybridized carbons (Fsp3) is 0.383. The van der Waals surface area contributed by atoms with Crippen molar-refractivity contribution in [3.63, 3.8) is 0 Å². The lowest BCUT2D eigenvalue weighted by atomic mass is 9.87. The molecule has 66 heavy (non-hydrogen) atoms. The number of ether oxygens (including phenoxy) is 1. The van der Waals surface area contributed by atoms with Crippen molar-refractivity contribution in [2.45, 2.75) is 69.3 Å². The van der Waals surface area contributed by atoms with Crippen LogP contribution in [0.4, 0.5) is 31.4 Å². The van der Waals surface area contributed by atoms with Crippen molar-refractivity contribution in [2.75, 3.05) is 65.9 Å². The number of hydrogen-bond donors (Lipinski definition) is 3. The van der Waals surface area contributed by atoms with Crippen LogP contribution < -0.4 is 30.1 Å². The Bertz CT molecular complexity index is 2770. The van der Waals surface area contributed by atoms with E-state index in [1.165, 1.54) is 27.2 Å². The number of aliphatic hydroxyl groups is 1. The van der Waals surface area contributed by atoms with Gasteiger partial charge in [-0.2, -0.15) is 0 Å². The van der Waals surface area contributed by atoms with Crippen LogP contribution in [-0.4, -0.2) is 117 Å². The third-order valence-corrected chi connectivity index (χ3v) is 14.6. The first-order valence-corrected chi connectivity index (χ1v) is 23.2. The highest BCUT2D eigenvalue weighted by Crippen LogP contribution is 2.41. The number of piperazine rings is 1. The Kier molecular flexibility index (Phi) is 10.5. The maximum absolute atomic E-state index is 16.0. The van der Waals surface area contributed by atoms with E-state index in [9.17, 15) is 29.1 Å². The number of amides is 6. The third kappa shape index (κ3) is 7.58. The molecule has 3 fully saturated rings. The minimum atomic E-state index is -1.15. The summed E-state index contributed by atoms with van der Waals surface area (Å²) in [5, 5.41) is 19.0. The maximum atomic E-state index is 16.0. The zero-order valence-corrected chi connectivity index (χ0v) is 36.8. The molecule has 2 atom stereocenters. The quantitative estimate of drug-likeness (QED) is 0.186. The molecule has 6 aliphatic rings. The number of fused-ring (bicyclic) bond motifs is 5. The Morgan fingerprint density at radius 3 is 2.56 bits per heavy atom. The Morgan fingerprint density at radius 1 is 0.955 bits per heavy atom. The number of piperidine rings is 1. The van der Waals surface area contributed by atoms with Gasteiger partial charge in [0.05, 0.1) is 42.3 Å². The number of nitrogens with one attached hydrogen (secondary N) is 2. The van der Waals surface area contributed by atoms with Crippen molar-refractivity contribution in [3.05, 3.63) is 101 Å². The number of anilines is 4. The van der Waals surface area contributed by atoms with Crippen molar-refractivity contribution >= 4 is 63.2 Å². The average molecular weight is 915 g/mol. The van der Waals surface area contributed by atoms with Crippen molar-refractivity contribution in [2.24, 2.45) is 0 Å². The summed E-state index contributed by atoms with van der Waals surface area (Å²) in [4.78, 5) is 83.7. The summed E-state index contributed by atoms with van der Waals surface area (Å²) < 4.78 is 24.1. The van der Waals surface area contributed by atoms with Crippen molar-refractivity contribution in [1.82, 2.24) is 29.7 Å². The summed E-state index contributed by atoms with van der Waals surface area (Å²) in [5.74, 6) is -1.16. The summed E-state index contributed by atoms with van der Waals surface area (Å²) in [7, 11) is 0. The van der Waals surface area contributed by atoms with Gasteiger partial charge < -0.3 is 34.0 Å². The first kappa shape index (κ1) is 41.8. The SMILES string of the molecule is O=C1CCN(c2ccc3c(c2)OC[C@H]2CN(C(=O)CC4(O)CCN(c5ccc(-c6cc(F)c7c(c6)C(=O)N(C(C(=O)Nc6nccs6)c6ncn8c6CCC8)C7)cc5)CC4)CCN32)C(=O)N1. The van der Waals surface area contributed by atoms with Crippen LogP contribution in [0.15, 0.2) is 72.5 Å². The van der Waals surface area contributed by atoms with Gasteiger partial charge in [-0.1, -0.05) is 12.1 Å². The Hall–Kier alpha value is -6.86. The third-order valence-electron chi connectivity index (χ3n) is 13.9. The van der Waals surface area contributed by atoms with Gasteiger partial charge in [-0.25, -0.2) is 19.2 Å². The number of carbonyl (C=O) groups excluding carboxylic acids is 5. The van der Waals surface area contributed by atoms with Crippen LogP contribution in [-0.2, 0) is 33.9 Å². The number of nitrogens with zero attached hydrogens (tertiary/aromatic N) is 8. The molecule has 6 amide bonds. The second-order valence-corrected chi connectivity index (χ2v) is 18.8. The first-order chi connectivity index (χ1) is 32.0. The van der Waals surface area contributed by atoms with Gasteiger partial charge in [0.2, 0.25) is 11.8 Å². The van der Waals surface area contributed by atoms with E-state index in [0.717, 1.165) is 42.0 Å². The molecule has 5 aromatic rings. The second kappa shape index (κ2) is 16.5. The Labute approximate surface area is 382 Å². The summed E-state index contributed by atoms with van der Waals surface area (Å²) in [5.41, 5.74) is 4.41. The van der Waals surface area contributed by atoms with E-state index >= 15 is 4.39 Å². The van der Waals surface area contributed by atoms with E-state index in [4.69, 9.17) is 4.74 Å². The molecule has 0 saturated carbocycles. The molecular weight excluding hydrogens is 868 g/mol. The molecule has 3 N–H and O–H groups in total. The molecule has 3 saturated heterocycles. The highest BCUT2D eigenvalue weighted by atomic mass is 32.1. The molecule has 0 spiro atoms. The van der Waals surface area contributed by atoms with Crippen molar-refractivity contribution < 1.29 is 38.2 Å². The molecule has 0 radical (unpaired) electrons. The maximum Gasteiger partial charge on any atom is 0.328 e. The number of urea groups is 1. The number of benzene rings is 3. The summed E-state index contributed by atoms with van der Waals surface area (Å²) in [6.07, 6.45) is 5.99. The Morgan fingerprint density at radius 2 is 1.77 bits per heavy atom. The van der Waals surface area contributed by atoms with Crippen molar-refractivity contribution in [1.29, 1.82) is 0 Å². The zero-order valence-electron chi connectivity index (χ0n) is 36.0. The summed E-state index contributed by atoms with van der Waals surface area (Å²) in [6.45, 7) is 4.01. The number of thiazole rings is 1. The second-order valence-electron chi connectivity index (χ2n) is 17.9. The highest BCUT2D eigenvalue weighted by molar-refractivity contribution is 7.13. The van der Waals surface area contributed by atoms with Crippen LogP contribution in [0.3, 0.4) is 0 Å². The molecule has 0 aliphatic carbocycles. The van der Waals surface area contributed by atoms with Crippen LogP contribution in [0.1, 0.15) is 65.5 Å². The molecule has 11 rings (SSSR count). The van der Waals surface area contributed by atoms with E-state index in [0.29, 0.717) is 86.5 Å². The molecular formula is C47H47FN10O7S. The van der Waals surface area contributed by atoms with Gasteiger partial charge in [0.15, 0.2) is 11.2 Å². The number of aryl methyl sites for hydroxylation is 1. The fourth-order valence-corrected chi connectivity index (χ4v) is 10.9.